The van der Waals surface area contributed by atoms with Crippen LogP contribution in [-0.2, 0) is 28.0 Å². The molecule has 100 valence electrons. The predicted molar refractivity (Wildman–Crippen MR) is 64.4 cm³/mol. The first-order chi connectivity index (χ1) is 8.51. The first-order valence-corrected chi connectivity index (χ1v) is 6.70. The monoisotopic (exact) mass is 273 g/mol. The molecule has 0 saturated carbocycles. The molecule has 1 aromatic rings. The molecular weight excluding hydrogens is 259 g/mol. The number of halogens is 1. The lowest BCUT2D eigenvalue weighted by atomic mass is 10.0. The fraction of sp³-hybridized carbons (Fsp3) is 0.417. The Morgan fingerprint density at radius 2 is 2.17 bits per heavy atom. The van der Waals surface area contributed by atoms with E-state index in [-0.39, 0.29) is 11.1 Å². The molecule has 0 aliphatic carbocycles. The molecule has 1 aromatic carbocycles. The number of carbonyl (C=O) groups excluding carboxylic acids is 1. The fourth-order valence-corrected chi connectivity index (χ4v) is 2.25. The normalized spacial score (nSPS) is 12.2. The van der Waals surface area contributed by atoms with Crippen molar-refractivity contribution in [3.05, 3.63) is 34.6 Å². The molecular formula is C12H14FO4S-. The summed E-state index contributed by atoms with van der Waals surface area (Å²) in [6, 6.07) is 2.89. The van der Waals surface area contributed by atoms with Gasteiger partial charge in [-0.3, -0.25) is 4.21 Å². The lowest BCUT2D eigenvalue weighted by molar-refractivity contribution is 0.0595. The van der Waals surface area contributed by atoms with E-state index < -0.39 is 28.6 Å². The van der Waals surface area contributed by atoms with E-state index in [1.165, 1.54) is 6.07 Å². The van der Waals surface area contributed by atoms with Gasteiger partial charge in [0, 0.05) is 11.3 Å². The minimum Gasteiger partial charge on any atom is -0.772 e. The maximum absolute atomic E-state index is 14.1. The van der Waals surface area contributed by atoms with Gasteiger partial charge in [0.2, 0.25) is 0 Å². The van der Waals surface area contributed by atoms with Gasteiger partial charge in [0.15, 0.2) is 0 Å². The third-order valence-corrected chi connectivity index (χ3v) is 3.05. The smallest absolute Gasteiger partial charge is 0.340 e. The van der Waals surface area contributed by atoms with Gasteiger partial charge in [-0.25, -0.2) is 9.18 Å². The van der Waals surface area contributed by atoms with Gasteiger partial charge in [0.25, 0.3) is 0 Å². The van der Waals surface area contributed by atoms with E-state index >= 15 is 0 Å². The maximum atomic E-state index is 14.1. The lowest BCUT2D eigenvalue weighted by Gasteiger charge is -2.14. The molecule has 4 nitrogen and oxygen atoms in total. The number of hydrogen-bond donors (Lipinski definition) is 0. The second kappa shape index (κ2) is 6.61. The highest BCUT2D eigenvalue weighted by Crippen LogP contribution is 2.21. The maximum Gasteiger partial charge on any atom is 0.340 e. The lowest BCUT2D eigenvalue weighted by Crippen LogP contribution is -2.10. The van der Waals surface area contributed by atoms with Crippen LogP contribution in [0, 0.1) is 5.82 Å². The molecule has 18 heavy (non-hydrogen) atoms. The highest BCUT2D eigenvalue weighted by atomic mass is 32.2. The van der Waals surface area contributed by atoms with Crippen LogP contribution in [0.5, 0.6) is 0 Å². The zero-order valence-corrected chi connectivity index (χ0v) is 11.0. The summed E-state index contributed by atoms with van der Waals surface area (Å²) >= 11 is -2.41. The molecule has 6 heteroatoms. The van der Waals surface area contributed by atoms with Crippen molar-refractivity contribution in [2.75, 3.05) is 7.11 Å². The third kappa shape index (κ3) is 3.36. The number of esters is 1. The topological polar surface area (TPSA) is 66.4 Å². The second-order valence-corrected chi connectivity index (χ2v) is 4.65. The van der Waals surface area contributed by atoms with Crippen LogP contribution in [0.3, 0.4) is 0 Å². The van der Waals surface area contributed by atoms with Crippen molar-refractivity contribution in [2.24, 2.45) is 0 Å². The highest BCUT2D eigenvalue weighted by Gasteiger charge is 2.18. The Labute approximate surface area is 107 Å². The van der Waals surface area contributed by atoms with E-state index in [2.05, 4.69) is 4.74 Å². The third-order valence-electron chi connectivity index (χ3n) is 2.53. The Morgan fingerprint density at radius 3 is 2.67 bits per heavy atom. The van der Waals surface area contributed by atoms with E-state index in [1.54, 1.807) is 6.07 Å². The molecule has 0 bridgehead atoms. The number of rotatable bonds is 5. The van der Waals surface area contributed by atoms with Gasteiger partial charge in [-0.2, -0.15) is 0 Å². The molecule has 0 N–H and O–H groups in total. The minimum atomic E-state index is -2.41. The molecule has 0 aliphatic heterocycles. The summed E-state index contributed by atoms with van der Waals surface area (Å²) in [5.74, 6) is -2.06. The number of methoxy groups -OCH3 is 1. The van der Waals surface area contributed by atoms with Gasteiger partial charge in [-0.1, -0.05) is 30.5 Å². The first kappa shape index (κ1) is 14.8. The van der Waals surface area contributed by atoms with Crippen molar-refractivity contribution >= 4 is 17.0 Å². The van der Waals surface area contributed by atoms with Crippen molar-refractivity contribution in [1.82, 2.24) is 0 Å². The van der Waals surface area contributed by atoms with Crippen molar-refractivity contribution in [2.45, 2.75) is 25.5 Å². The van der Waals surface area contributed by atoms with Crippen molar-refractivity contribution in [3.63, 3.8) is 0 Å². The summed E-state index contributed by atoms with van der Waals surface area (Å²) in [6.45, 7) is 1.91. The van der Waals surface area contributed by atoms with Crippen LogP contribution in [0.1, 0.15) is 34.8 Å². The van der Waals surface area contributed by atoms with Gasteiger partial charge in [0.05, 0.1) is 12.7 Å². The van der Waals surface area contributed by atoms with Crippen LogP contribution in [-0.4, -0.2) is 21.8 Å². The molecule has 0 fully saturated rings. The molecule has 0 saturated heterocycles. The van der Waals surface area contributed by atoms with Crippen LogP contribution >= 0.6 is 0 Å². The van der Waals surface area contributed by atoms with Crippen molar-refractivity contribution in [1.29, 1.82) is 0 Å². The van der Waals surface area contributed by atoms with Crippen LogP contribution in [0.25, 0.3) is 0 Å². The van der Waals surface area contributed by atoms with Gasteiger partial charge < -0.3 is 9.29 Å². The van der Waals surface area contributed by atoms with E-state index in [0.29, 0.717) is 12.0 Å². The Kier molecular flexibility index (Phi) is 5.43. The molecule has 1 unspecified atom stereocenters. The summed E-state index contributed by atoms with van der Waals surface area (Å²) in [5, 5.41) is 0. The summed E-state index contributed by atoms with van der Waals surface area (Å²) in [4.78, 5) is 11.3. The van der Waals surface area contributed by atoms with Crippen LogP contribution in [0.15, 0.2) is 12.1 Å². The van der Waals surface area contributed by atoms with Gasteiger partial charge >= 0.3 is 5.97 Å². The molecule has 0 spiro atoms. The summed E-state index contributed by atoms with van der Waals surface area (Å²) < 4.78 is 40.0. The SMILES string of the molecule is CCCc1ccc(C(=O)OC)c(F)c1CS(=O)[O-]. The van der Waals surface area contributed by atoms with E-state index in [4.69, 9.17) is 0 Å². The number of hydrogen-bond acceptors (Lipinski definition) is 4. The van der Waals surface area contributed by atoms with Gasteiger partial charge in [-0.05, 0) is 18.1 Å². The molecule has 0 heterocycles. The largest absolute Gasteiger partial charge is 0.772 e. The molecule has 0 amide bonds. The number of ether oxygens (including phenoxy) is 1. The average molecular weight is 273 g/mol. The van der Waals surface area contributed by atoms with Crippen LogP contribution < -0.4 is 0 Å². The summed E-state index contributed by atoms with van der Waals surface area (Å²) in [6.07, 6.45) is 1.32. The summed E-state index contributed by atoms with van der Waals surface area (Å²) in [5.41, 5.74) is 0.415. The minimum absolute atomic E-state index is 0.0492. The Bertz CT molecular complexity index is 473. The number of carbonyl (C=O) groups is 1. The Balaban J connectivity index is 3.29. The number of aryl methyl sites for hydroxylation is 1. The summed E-state index contributed by atoms with van der Waals surface area (Å²) in [7, 11) is 1.15. The molecule has 1 rings (SSSR count). The molecule has 0 aliphatic rings. The fourth-order valence-electron chi connectivity index (χ4n) is 1.71. The second-order valence-electron chi connectivity index (χ2n) is 3.75. The van der Waals surface area contributed by atoms with E-state index in [0.717, 1.165) is 13.5 Å². The zero-order valence-electron chi connectivity index (χ0n) is 10.2. The molecule has 0 radical (unpaired) electrons. The van der Waals surface area contributed by atoms with Crippen LogP contribution in [0.2, 0.25) is 0 Å². The van der Waals surface area contributed by atoms with Crippen molar-refractivity contribution < 1.29 is 22.7 Å². The molecule has 0 aromatic heterocycles. The highest BCUT2D eigenvalue weighted by molar-refractivity contribution is 7.78. The van der Waals surface area contributed by atoms with E-state index in [1.807, 2.05) is 6.92 Å². The Morgan fingerprint density at radius 1 is 1.50 bits per heavy atom. The van der Waals surface area contributed by atoms with Gasteiger partial charge in [0.1, 0.15) is 5.82 Å². The Hall–Kier alpha value is -1.27. The number of benzene rings is 1. The molecule has 1 atom stereocenters. The zero-order chi connectivity index (χ0) is 13.7. The van der Waals surface area contributed by atoms with Gasteiger partial charge in [-0.15, -0.1) is 0 Å². The predicted octanol–water partition coefficient (Wildman–Crippen LogP) is 1.94. The quantitative estimate of drug-likeness (QED) is 0.607. The first-order valence-electron chi connectivity index (χ1n) is 5.45. The average Bonchev–Trinajstić information content (AvgIpc) is 2.33. The standard InChI is InChI=1S/C12H15FO4S/c1-3-4-8-5-6-9(12(14)17-2)11(13)10(8)7-18(15)16/h5-6H,3-4,7H2,1-2H3,(H,15,16)/p-1. The van der Waals surface area contributed by atoms with Crippen LogP contribution in [0.4, 0.5) is 4.39 Å². The van der Waals surface area contributed by atoms with E-state index in [9.17, 15) is 17.9 Å². The van der Waals surface area contributed by atoms with Crippen molar-refractivity contribution in [3.8, 4) is 0 Å².